The third-order valence-electron chi connectivity index (χ3n) is 2.69. The minimum atomic E-state index is 0.973. The summed E-state index contributed by atoms with van der Waals surface area (Å²) in [5.74, 6) is 0.973. The molecule has 0 atom stereocenters. The largest absolute Gasteiger partial charge is 0.343 e. The first-order chi connectivity index (χ1) is 7.24. The van der Waals surface area contributed by atoms with Crippen LogP contribution in [0.25, 0.3) is 11.0 Å². The number of rotatable bonds is 3. The van der Waals surface area contributed by atoms with Crippen molar-refractivity contribution < 1.29 is 0 Å². The zero-order valence-corrected chi connectivity index (χ0v) is 9.54. The van der Waals surface area contributed by atoms with E-state index in [0.29, 0.717) is 0 Å². The second-order valence-corrected chi connectivity index (χ2v) is 3.75. The molecular weight excluding hydrogens is 186 g/mol. The van der Waals surface area contributed by atoms with Gasteiger partial charge in [-0.05, 0) is 38.5 Å². The van der Waals surface area contributed by atoms with Crippen molar-refractivity contribution in [1.82, 2.24) is 9.97 Å². The summed E-state index contributed by atoms with van der Waals surface area (Å²) in [6.45, 7) is 8.34. The molecule has 1 N–H and O–H groups in total. The van der Waals surface area contributed by atoms with Gasteiger partial charge in [-0.1, -0.05) is 6.07 Å². The Morgan fingerprint density at radius 3 is 2.67 bits per heavy atom. The van der Waals surface area contributed by atoms with Crippen molar-refractivity contribution in [2.24, 2.45) is 0 Å². The van der Waals surface area contributed by atoms with Gasteiger partial charge in [0.25, 0.3) is 0 Å². The Morgan fingerprint density at radius 1 is 1.27 bits per heavy atom. The van der Waals surface area contributed by atoms with Gasteiger partial charge in [-0.3, -0.25) is 0 Å². The summed E-state index contributed by atoms with van der Waals surface area (Å²) in [6.07, 6.45) is 0. The molecule has 0 saturated carbocycles. The molecule has 0 fully saturated rings. The maximum Gasteiger partial charge on any atom is 0.203 e. The molecule has 1 heterocycles. The van der Waals surface area contributed by atoms with E-state index in [9.17, 15) is 0 Å². The number of nitrogens with zero attached hydrogens (tertiary/aromatic N) is 2. The number of benzene rings is 1. The minimum Gasteiger partial charge on any atom is -0.343 e. The molecule has 0 aliphatic carbocycles. The van der Waals surface area contributed by atoms with E-state index < -0.39 is 0 Å². The van der Waals surface area contributed by atoms with Gasteiger partial charge in [-0.15, -0.1) is 0 Å². The zero-order chi connectivity index (χ0) is 10.8. The second kappa shape index (κ2) is 3.93. The highest BCUT2D eigenvalue weighted by Crippen LogP contribution is 2.18. The van der Waals surface area contributed by atoms with Gasteiger partial charge in [-0.25, -0.2) is 4.98 Å². The molecule has 3 heteroatoms. The summed E-state index contributed by atoms with van der Waals surface area (Å²) in [5, 5.41) is 0. The topological polar surface area (TPSA) is 31.9 Å². The molecule has 0 amide bonds. The lowest BCUT2D eigenvalue weighted by Crippen LogP contribution is -2.22. The van der Waals surface area contributed by atoms with E-state index in [-0.39, 0.29) is 0 Å². The predicted octanol–water partition coefficient (Wildman–Crippen LogP) is 2.72. The lowest BCUT2D eigenvalue weighted by molar-refractivity contribution is 0.835. The Hall–Kier alpha value is -1.51. The number of hydrogen-bond acceptors (Lipinski definition) is 2. The first kappa shape index (κ1) is 10.0. The molecule has 1 aromatic carbocycles. The van der Waals surface area contributed by atoms with E-state index in [4.69, 9.17) is 0 Å². The van der Waals surface area contributed by atoms with Crippen LogP contribution in [0.4, 0.5) is 5.95 Å². The molecule has 2 aromatic rings. The SMILES string of the molecule is CCN(CC)c1nc2ccc(C)cc2[nH]1. The summed E-state index contributed by atoms with van der Waals surface area (Å²) in [6, 6.07) is 6.29. The molecule has 0 unspecified atom stereocenters. The summed E-state index contributed by atoms with van der Waals surface area (Å²) in [5.41, 5.74) is 3.43. The Balaban J connectivity index is 2.46. The standard InChI is InChI=1S/C12H17N3/c1-4-15(5-2)12-13-10-7-6-9(3)8-11(10)14-12/h6-8H,4-5H2,1-3H3,(H,13,14). The average Bonchev–Trinajstić information content (AvgIpc) is 2.62. The number of aryl methyl sites for hydroxylation is 1. The van der Waals surface area contributed by atoms with Gasteiger partial charge in [0.05, 0.1) is 11.0 Å². The molecule has 80 valence electrons. The first-order valence-electron chi connectivity index (χ1n) is 5.46. The summed E-state index contributed by atoms with van der Waals surface area (Å²) in [7, 11) is 0. The Kier molecular flexibility index (Phi) is 2.62. The van der Waals surface area contributed by atoms with Gasteiger partial charge in [0.1, 0.15) is 0 Å². The van der Waals surface area contributed by atoms with Crippen molar-refractivity contribution in [3.05, 3.63) is 23.8 Å². The van der Waals surface area contributed by atoms with Crippen molar-refractivity contribution in [1.29, 1.82) is 0 Å². The summed E-state index contributed by atoms with van der Waals surface area (Å²) < 4.78 is 0. The number of nitrogens with one attached hydrogen (secondary N) is 1. The highest BCUT2D eigenvalue weighted by atomic mass is 15.2. The maximum atomic E-state index is 4.57. The smallest absolute Gasteiger partial charge is 0.203 e. The van der Waals surface area contributed by atoms with E-state index in [1.807, 2.05) is 0 Å². The van der Waals surface area contributed by atoms with Crippen LogP contribution in [-0.4, -0.2) is 23.1 Å². The molecule has 0 aliphatic rings. The minimum absolute atomic E-state index is 0.973. The van der Waals surface area contributed by atoms with E-state index in [0.717, 1.165) is 30.1 Å². The van der Waals surface area contributed by atoms with Crippen molar-refractivity contribution >= 4 is 17.0 Å². The normalized spacial score (nSPS) is 10.9. The van der Waals surface area contributed by atoms with E-state index in [2.05, 4.69) is 53.8 Å². The number of hydrogen-bond donors (Lipinski definition) is 1. The number of aromatic nitrogens is 2. The lowest BCUT2D eigenvalue weighted by atomic mass is 10.2. The van der Waals surface area contributed by atoms with Crippen molar-refractivity contribution in [3.63, 3.8) is 0 Å². The summed E-state index contributed by atoms with van der Waals surface area (Å²) >= 11 is 0. The van der Waals surface area contributed by atoms with E-state index in [1.54, 1.807) is 0 Å². The maximum absolute atomic E-state index is 4.57. The van der Waals surface area contributed by atoms with Crippen LogP contribution in [0.3, 0.4) is 0 Å². The van der Waals surface area contributed by atoms with Gasteiger partial charge in [0, 0.05) is 13.1 Å². The zero-order valence-electron chi connectivity index (χ0n) is 9.54. The number of aromatic amines is 1. The van der Waals surface area contributed by atoms with Gasteiger partial charge in [0.2, 0.25) is 5.95 Å². The molecule has 0 spiro atoms. The van der Waals surface area contributed by atoms with Crippen molar-refractivity contribution in [3.8, 4) is 0 Å². The van der Waals surface area contributed by atoms with Crippen LogP contribution < -0.4 is 4.90 Å². The van der Waals surface area contributed by atoms with Crippen LogP contribution in [-0.2, 0) is 0 Å². The third kappa shape index (κ3) is 1.82. The Labute approximate surface area is 90.1 Å². The fourth-order valence-corrected chi connectivity index (χ4v) is 1.78. The van der Waals surface area contributed by atoms with Gasteiger partial charge >= 0.3 is 0 Å². The van der Waals surface area contributed by atoms with Gasteiger partial charge in [-0.2, -0.15) is 0 Å². The summed E-state index contributed by atoms with van der Waals surface area (Å²) in [4.78, 5) is 10.1. The van der Waals surface area contributed by atoms with E-state index in [1.165, 1.54) is 5.56 Å². The highest BCUT2D eigenvalue weighted by molar-refractivity contribution is 5.78. The molecule has 3 nitrogen and oxygen atoms in total. The van der Waals surface area contributed by atoms with Crippen LogP contribution >= 0.6 is 0 Å². The van der Waals surface area contributed by atoms with Crippen molar-refractivity contribution in [2.45, 2.75) is 20.8 Å². The number of H-pyrrole nitrogens is 1. The second-order valence-electron chi connectivity index (χ2n) is 3.75. The number of imidazole rings is 1. The quantitative estimate of drug-likeness (QED) is 0.831. The van der Waals surface area contributed by atoms with Gasteiger partial charge < -0.3 is 9.88 Å². The number of anilines is 1. The third-order valence-corrected chi connectivity index (χ3v) is 2.69. The first-order valence-corrected chi connectivity index (χ1v) is 5.46. The molecule has 0 saturated heterocycles. The van der Waals surface area contributed by atoms with Crippen LogP contribution in [0.15, 0.2) is 18.2 Å². The van der Waals surface area contributed by atoms with Crippen molar-refractivity contribution in [2.75, 3.05) is 18.0 Å². The monoisotopic (exact) mass is 203 g/mol. The predicted molar refractivity (Wildman–Crippen MR) is 64.4 cm³/mol. The van der Waals surface area contributed by atoms with Gasteiger partial charge in [0.15, 0.2) is 0 Å². The Bertz CT molecular complexity index is 455. The fraction of sp³-hybridized carbons (Fsp3) is 0.417. The molecule has 2 rings (SSSR count). The van der Waals surface area contributed by atoms with Crippen LogP contribution in [0.5, 0.6) is 0 Å². The van der Waals surface area contributed by atoms with Crippen LogP contribution in [0.2, 0.25) is 0 Å². The van der Waals surface area contributed by atoms with Crippen LogP contribution in [0.1, 0.15) is 19.4 Å². The number of fused-ring (bicyclic) bond motifs is 1. The molecule has 0 radical (unpaired) electrons. The van der Waals surface area contributed by atoms with E-state index >= 15 is 0 Å². The fourth-order valence-electron chi connectivity index (χ4n) is 1.78. The highest BCUT2D eigenvalue weighted by Gasteiger charge is 2.07. The molecule has 1 aromatic heterocycles. The average molecular weight is 203 g/mol. The molecule has 15 heavy (non-hydrogen) atoms. The Morgan fingerprint density at radius 2 is 2.00 bits per heavy atom. The lowest BCUT2D eigenvalue weighted by Gasteiger charge is -2.16. The molecule has 0 bridgehead atoms. The van der Waals surface area contributed by atoms with Crippen LogP contribution in [0, 0.1) is 6.92 Å². The molecule has 0 aliphatic heterocycles. The molecular formula is C12H17N3.